The molecule has 0 radical (unpaired) electrons. The van der Waals surface area contributed by atoms with E-state index in [2.05, 4.69) is 38.6 Å². The number of nitrogens with one attached hydrogen (secondary N) is 2. The topological polar surface area (TPSA) is 61.0 Å². The third-order valence-corrected chi connectivity index (χ3v) is 5.14. The van der Waals surface area contributed by atoms with E-state index in [1.807, 2.05) is 18.2 Å². The molecule has 1 saturated heterocycles. The zero-order valence-corrected chi connectivity index (χ0v) is 15.6. The zero-order valence-electron chi connectivity index (χ0n) is 15.6. The molecule has 28 heavy (non-hydrogen) atoms. The van der Waals surface area contributed by atoms with Gasteiger partial charge in [0, 0.05) is 25.2 Å². The molecule has 1 aromatic heterocycles. The maximum Gasteiger partial charge on any atom is 0.224 e. The number of carbonyl (C=O) groups is 1. The molecule has 5 nitrogen and oxygen atoms in total. The van der Waals surface area contributed by atoms with E-state index in [0.717, 1.165) is 43.0 Å². The number of hydrogen-bond donors (Lipinski definition) is 2. The van der Waals surface area contributed by atoms with Gasteiger partial charge in [0.15, 0.2) is 5.82 Å². The minimum Gasteiger partial charge on any atom is -0.355 e. The van der Waals surface area contributed by atoms with Crippen LogP contribution < -0.4 is 10.2 Å². The van der Waals surface area contributed by atoms with Crippen LogP contribution in [0.3, 0.4) is 0 Å². The summed E-state index contributed by atoms with van der Waals surface area (Å²) in [7, 11) is 0. The van der Waals surface area contributed by atoms with Gasteiger partial charge in [0.25, 0.3) is 0 Å². The minimum absolute atomic E-state index is 0.0761. The molecule has 1 amide bonds. The number of amides is 1. The van der Waals surface area contributed by atoms with Gasteiger partial charge in [-0.1, -0.05) is 48.5 Å². The van der Waals surface area contributed by atoms with Crippen LogP contribution in [-0.4, -0.2) is 35.2 Å². The summed E-state index contributed by atoms with van der Waals surface area (Å²) in [5.41, 5.74) is 2.54. The van der Waals surface area contributed by atoms with Crippen molar-refractivity contribution in [2.24, 2.45) is 0 Å². The van der Waals surface area contributed by atoms with Gasteiger partial charge in [0.2, 0.25) is 5.91 Å². The Bertz CT molecular complexity index is 932. The van der Waals surface area contributed by atoms with E-state index in [9.17, 15) is 9.18 Å². The van der Waals surface area contributed by atoms with Gasteiger partial charge in [-0.15, -0.1) is 0 Å². The van der Waals surface area contributed by atoms with Crippen molar-refractivity contribution in [1.29, 1.82) is 0 Å². The second-order valence-corrected chi connectivity index (χ2v) is 7.10. The lowest BCUT2D eigenvalue weighted by atomic mass is 10.0. The second-order valence-electron chi connectivity index (χ2n) is 7.10. The number of carbonyl (C=O) groups excluding carboxylic acids is 1. The average molecular weight is 378 g/mol. The number of benzene rings is 2. The monoisotopic (exact) mass is 378 g/mol. The number of nitrogens with zero attached hydrogens (tertiary/aromatic N) is 2. The maximum atomic E-state index is 13.7. The number of rotatable bonds is 5. The molecular formula is C22H23FN4O. The van der Waals surface area contributed by atoms with Crippen molar-refractivity contribution < 1.29 is 9.18 Å². The Hall–Kier alpha value is -3.15. The average Bonchev–Trinajstić information content (AvgIpc) is 3.21. The van der Waals surface area contributed by atoms with Crippen molar-refractivity contribution in [2.45, 2.75) is 25.3 Å². The lowest BCUT2D eigenvalue weighted by Crippen LogP contribution is -2.45. The number of aromatic nitrogens is 2. The molecule has 2 aromatic carbocycles. The highest BCUT2D eigenvalue weighted by Gasteiger charge is 2.22. The maximum absolute atomic E-state index is 13.7. The first kappa shape index (κ1) is 18.2. The molecule has 144 valence electrons. The van der Waals surface area contributed by atoms with Gasteiger partial charge in [0.1, 0.15) is 5.82 Å². The SMILES string of the molecule is O=C(Cc1ccccc1F)NC1CCN(c2cc(-c3ccccc3)[nH]n2)CC1. The van der Waals surface area contributed by atoms with Crippen LogP contribution in [0, 0.1) is 5.82 Å². The highest BCUT2D eigenvalue weighted by molar-refractivity contribution is 5.79. The Kier molecular flexibility index (Phi) is 5.37. The summed E-state index contributed by atoms with van der Waals surface area (Å²) in [6, 6.07) is 18.7. The van der Waals surface area contributed by atoms with Gasteiger partial charge in [-0.25, -0.2) is 4.39 Å². The quantitative estimate of drug-likeness (QED) is 0.714. The normalized spacial score (nSPS) is 14.8. The van der Waals surface area contributed by atoms with E-state index >= 15 is 0 Å². The van der Waals surface area contributed by atoms with Crippen molar-refractivity contribution in [1.82, 2.24) is 15.5 Å². The van der Waals surface area contributed by atoms with Crippen LogP contribution in [0.2, 0.25) is 0 Å². The van der Waals surface area contributed by atoms with Crippen LogP contribution in [0.5, 0.6) is 0 Å². The molecule has 0 spiro atoms. The summed E-state index contributed by atoms with van der Waals surface area (Å²) in [5, 5.41) is 10.6. The van der Waals surface area contributed by atoms with Gasteiger partial charge in [-0.2, -0.15) is 5.10 Å². The van der Waals surface area contributed by atoms with Crippen molar-refractivity contribution >= 4 is 11.7 Å². The van der Waals surface area contributed by atoms with Crippen LogP contribution in [0.25, 0.3) is 11.3 Å². The fourth-order valence-electron chi connectivity index (χ4n) is 3.59. The number of halogens is 1. The molecule has 0 atom stereocenters. The Labute approximate surface area is 163 Å². The van der Waals surface area contributed by atoms with E-state index in [1.165, 1.54) is 6.07 Å². The lowest BCUT2D eigenvalue weighted by Gasteiger charge is -2.32. The van der Waals surface area contributed by atoms with Gasteiger partial charge < -0.3 is 10.2 Å². The predicted molar refractivity (Wildman–Crippen MR) is 108 cm³/mol. The highest BCUT2D eigenvalue weighted by atomic mass is 19.1. The fourth-order valence-corrected chi connectivity index (χ4v) is 3.59. The van der Waals surface area contributed by atoms with Crippen molar-refractivity contribution in [3.05, 3.63) is 72.0 Å². The highest BCUT2D eigenvalue weighted by Crippen LogP contribution is 2.24. The number of piperidine rings is 1. The first-order valence-corrected chi connectivity index (χ1v) is 9.57. The third kappa shape index (κ3) is 4.22. The fraction of sp³-hybridized carbons (Fsp3) is 0.273. The first-order valence-electron chi connectivity index (χ1n) is 9.57. The van der Waals surface area contributed by atoms with Crippen LogP contribution in [-0.2, 0) is 11.2 Å². The van der Waals surface area contributed by atoms with Crippen molar-refractivity contribution in [3.8, 4) is 11.3 Å². The van der Waals surface area contributed by atoms with Crippen molar-refractivity contribution in [2.75, 3.05) is 18.0 Å². The van der Waals surface area contributed by atoms with E-state index in [4.69, 9.17) is 0 Å². The van der Waals surface area contributed by atoms with E-state index in [0.29, 0.717) is 5.56 Å². The van der Waals surface area contributed by atoms with Gasteiger partial charge in [-0.05, 0) is 30.0 Å². The molecule has 1 fully saturated rings. The molecule has 0 unspecified atom stereocenters. The molecule has 2 N–H and O–H groups in total. The Morgan fingerprint density at radius 1 is 1.11 bits per heavy atom. The number of H-pyrrole nitrogens is 1. The van der Waals surface area contributed by atoms with Gasteiger partial charge in [-0.3, -0.25) is 9.89 Å². The molecule has 1 aliphatic heterocycles. The first-order chi connectivity index (χ1) is 13.7. The summed E-state index contributed by atoms with van der Waals surface area (Å²) in [5.74, 6) is 0.463. The Morgan fingerprint density at radius 3 is 2.57 bits per heavy atom. The summed E-state index contributed by atoms with van der Waals surface area (Å²) in [4.78, 5) is 14.5. The molecule has 0 bridgehead atoms. The lowest BCUT2D eigenvalue weighted by molar-refractivity contribution is -0.121. The molecule has 2 heterocycles. The van der Waals surface area contributed by atoms with Crippen LogP contribution >= 0.6 is 0 Å². The van der Waals surface area contributed by atoms with Gasteiger partial charge in [0.05, 0.1) is 12.1 Å². The summed E-state index contributed by atoms with van der Waals surface area (Å²) >= 11 is 0. The molecule has 6 heteroatoms. The van der Waals surface area contributed by atoms with E-state index < -0.39 is 0 Å². The zero-order chi connectivity index (χ0) is 19.3. The Balaban J connectivity index is 1.30. The summed E-state index contributed by atoms with van der Waals surface area (Å²) in [6.07, 6.45) is 1.76. The number of anilines is 1. The van der Waals surface area contributed by atoms with Gasteiger partial charge >= 0.3 is 0 Å². The standard InChI is InChI=1S/C22H23FN4O/c23-19-9-5-4-8-17(19)14-22(28)24-18-10-12-27(13-11-18)21-15-20(25-26-21)16-6-2-1-3-7-16/h1-9,15,18H,10-14H2,(H,24,28)(H,25,26). The Morgan fingerprint density at radius 2 is 1.82 bits per heavy atom. The number of hydrogen-bond acceptors (Lipinski definition) is 3. The molecule has 1 aliphatic rings. The third-order valence-electron chi connectivity index (χ3n) is 5.14. The predicted octanol–water partition coefficient (Wildman–Crippen LogP) is 3.54. The van der Waals surface area contributed by atoms with E-state index in [1.54, 1.807) is 18.2 Å². The smallest absolute Gasteiger partial charge is 0.224 e. The largest absolute Gasteiger partial charge is 0.355 e. The second kappa shape index (κ2) is 8.25. The molecule has 0 aliphatic carbocycles. The number of aromatic amines is 1. The molecule has 3 aromatic rings. The van der Waals surface area contributed by atoms with Crippen LogP contribution in [0.1, 0.15) is 18.4 Å². The van der Waals surface area contributed by atoms with Crippen molar-refractivity contribution in [3.63, 3.8) is 0 Å². The summed E-state index contributed by atoms with van der Waals surface area (Å²) in [6.45, 7) is 1.65. The molecule has 0 saturated carbocycles. The van der Waals surface area contributed by atoms with E-state index in [-0.39, 0.29) is 24.2 Å². The molecule has 4 rings (SSSR count). The van der Waals surface area contributed by atoms with Crippen LogP contribution in [0.4, 0.5) is 10.2 Å². The molecular weight excluding hydrogens is 355 g/mol. The minimum atomic E-state index is -0.333. The summed E-state index contributed by atoms with van der Waals surface area (Å²) < 4.78 is 13.7. The van der Waals surface area contributed by atoms with Crippen LogP contribution in [0.15, 0.2) is 60.7 Å².